The number of carbonyl (C=O) groups excluding carboxylic acids is 4. The molecule has 3 fully saturated rings. The molecule has 8 rings (SSSR count). The number of imidazole rings is 2. The summed E-state index contributed by atoms with van der Waals surface area (Å²) in [6.07, 6.45) is 5.00. The molecular formula is C57H74N8O8. The fraction of sp³-hybridized carbons (Fsp3) is 0.509. The summed E-state index contributed by atoms with van der Waals surface area (Å²) >= 11 is 0. The van der Waals surface area contributed by atoms with Crippen LogP contribution < -0.4 is 10.6 Å². The molecule has 0 radical (unpaired) electrons. The fourth-order valence-electron chi connectivity index (χ4n) is 11.5. The van der Waals surface area contributed by atoms with Gasteiger partial charge in [0.25, 0.3) is 0 Å². The Labute approximate surface area is 429 Å². The second-order valence-corrected chi connectivity index (χ2v) is 21.6. The molecule has 0 bridgehead atoms. The molecule has 16 heteroatoms. The molecule has 4 amide bonds. The Kier molecular flexibility index (Phi) is 16.1. The highest BCUT2D eigenvalue weighted by atomic mass is 16.5. The van der Waals surface area contributed by atoms with Crippen LogP contribution in [0.15, 0.2) is 85.2 Å². The number of amides is 4. The Morgan fingerprint density at radius 2 is 0.945 bits per heavy atom. The molecule has 3 aromatic carbocycles. The third kappa shape index (κ3) is 10.9. The zero-order valence-electron chi connectivity index (χ0n) is 44.2. The Bertz CT molecular complexity index is 2540. The number of H-pyrrole nitrogens is 2. The Morgan fingerprint density at radius 3 is 1.29 bits per heavy atom. The number of hydrogen-bond acceptors (Lipinski definition) is 10. The van der Waals surface area contributed by atoms with E-state index in [-0.39, 0.29) is 71.1 Å². The van der Waals surface area contributed by atoms with E-state index in [0.29, 0.717) is 24.7 Å². The highest BCUT2D eigenvalue weighted by molar-refractivity contribution is 5.87. The lowest BCUT2D eigenvalue weighted by Gasteiger charge is -2.30. The van der Waals surface area contributed by atoms with Gasteiger partial charge >= 0.3 is 12.2 Å². The van der Waals surface area contributed by atoms with Crippen molar-refractivity contribution in [3.8, 4) is 22.5 Å². The minimum absolute atomic E-state index is 0.0184. The lowest BCUT2D eigenvalue weighted by molar-refractivity contribution is -0.136. The van der Waals surface area contributed by atoms with Crippen molar-refractivity contribution < 1.29 is 38.1 Å². The predicted molar refractivity (Wildman–Crippen MR) is 279 cm³/mol. The van der Waals surface area contributed by atoms with E-state index in [9.17, 15) is 19.2 Å². The minimum atomic E-state index is -0.715. The molecular weight excluding hydrogens is 925 g/mol. The second kappa shape index (κ2) is 22.3. The standard InChI is InChI=1S/C57H74N8O8/c1-32(2)47(62-55(68)72-10)53(66)64-28-12-14-42(64)51-58-30-40(60-51)34-16-20-37(21-17-34)45-44(36-24-26-39(27-25-36)57(5,6)7)46(50(71-9)49(45)70-8)38-22-18-35(19-23-38)41-31-59-52(61-41)43-15-13-29-65(43)54(67)48(33(3)4)63-56(69)73-11/h16-27,30-33,42-50H,12-15,28-29H2,1-11H3,(H,58,60)(H,59,61)(H,62,68)(H,63,69)/t42-,43-,45+,46+,47-,48-,49+,50+/m0/s1. The number of ether oxygens (including phenoxy) is 4. The summed E-state index contributed by atoms with van der Waals surface area (Å²) in [4.78, 5) is 72.3. The summed E-state index contributed by atoms with van der Waals surface area (Å²) in [5, 5.41) is 5.46. The Morgan fingerprint density at radius 1 is 0.575 bits per heavy atom. The summed E-state index contributed by atoms with van der Waals surface area (Å²) in [5.41, 5.74) is 8.29. The normalized spacial score (nSPS) is 22.9. The van der Waals surface area contributed by atoms with E-state index in [2.05, 4.69) is 114 Å². The molecule has 3 aliphatic rings. The molecule has 4 heterocycles. The van der Waals surface area contributed by atoms with Gasteiger partial charge in [-0.05, 0) is 76.3 Å². The van der Waals surface area contributed by atoms with Crippen molar-refractivity contribution >= 4 is 24.0 Å². The summed E-state index contributed by atoms with van der Waals surface area (Å²) in [7, 11) is 6.14. The molecule has 4 N–H and O–H groups in total. The van der Waals surface area contributed by atoms with E-state index >= 15 is 0 Å². The third-order valence-electron chi connectivity index (χ3n) is 15.4. The van der Waals surface area contributed by atoms with Crippen LogP contribution in [0.1, 0.15) is 138 Å². The van der Waals surface area contributed by atoms with Gasteiger partial charge < -0.3 is 49.3 Å². The number of benzene rings is 3. The van der Waals surface area contributed by atoms with Crippen molar-refractivity contribution in [2.24, 2.45) is 11.8 Å². The van der Waals surface area contributed by atoms with Gasteiger partial charge in [-0.25, -0.2) is 19.6 Å². The largest absolute Gasteiger partial charge is 0.453 e. The van der Waals surface area contributed by atoms with Gasteiger partial charge in [0.05, 0.1) is 62.3 Å². The summed E-state index contributed by atoms with van der Waals surface area (Å²) < 4.78 is 22.6. The summed E-state index contributed by atoms with van der Waals surface area (Å²) in [6, 6.07) is 24.4. The van der Waals surface area contributed by atoms with Gasteiger partial charge in [0.2, 0.25) is 11.8 Å². The second-order valence-electron chi connectivity index (χ2n) is 21.6. The Balaban J connectivity index is 1.07. The zero-order valence-corrected chi connectivity index (χ0v) is 44.2. The molecule has 1 saturated carbocycles. The number of aromatic nitrogens is 4. The predicted octanol–water partition coefficient (Wildman–Crippen LogP) is 9.55. The minimum Gasteiger partial charge on any atom is -0.453 e. The van der Waals surface area contributed by atoms with Crippen LogP contribution in [-0.2, 0) is 34.0 Å². The lowest BCUT2D eigenvalue weighted by Crippen LogP contribution is -2.51. The molecule has 2 aliphatic heterocycles. The van der Waals surface area contributed by atoms with Gasteiger partial charge in [-0.15, -0.1) is 0 Å². The molecule has 0 spiro atoms. The van der Waals surface area contributed by atoms with E-state index in [1.807, 2.05) is 49.9 Å². The van der Waals surface area contributed by atoms with Crippen LogP contribution in [0.4, 0.5) is 9.59 Å². The van der Waals surface area contributed by atoms with Gasteiger partial charge in [-0.3, -0.25) is 9.59 Å². The zero-order chi connectivity index (χ0) is 52.3. The van der Waals surface area contributed by atoms with E-state index < -0.39 is 24.3 Å². The van der Waals surface area contributed by atoms with Gasteiger partial charge in [-0.2, -0.15) is 0 Å². The van der Waals surface area contributed by atoms with Crippen molar-refractivity contribution in [1.82, 2.24) is 40.4 Å². The molecule has 16 nitrogen and oxygen atoms in total. The monoisotopic (exact) mass is 999 g/mol. The van der Waals surface area contributed by atoms with E-state index in [4.69, 9.17) is 28.9 Å². The third-order valence-corrected chi connectivity index (χ3v) is 15.4. The number of hydrogen-bond donors (Lipinski definition) is 4. The SMILES string of the molecule is COC(=O)N[C@H](C(=O)N1CCC[C@H]1c1ncc(-c2ccc([C@@H]3C(c4ccc(C(C)(C)C)cc4)[C@@H](c4ccc(-c5cnc([C@@H]6CCCN6C(=O)[C@@H](NC(=O)OC)C(C)C)[nH]5)cc4)[C@@H](OC)[C@@H]3OC)cc2)[nH]1)C(C)C. The number of aromatic amines is 2. The number of rotatable bonds is 15. The number of nitrogens with zero attached hydrogens (tertiary/aromatic N) is 4. The van der Waals surface area contributed by atoms with Crippen LogP contribution in [-0.4, -0.2) is 120 Å². The van der Waals surface area contributed by atoms with E-state index in [1.54, 1.807) is 14.2 Å². The van der Waals surface area contributed by atoms with Crippen LogP contribution in [0.3, 0.4) is 0 Å². The molecule has 2 aromatic heterocycles. The quantitative estimate of drug-likeness (QED) is 0.0785. The van der Waals surface area contributed by atoms with Crippen LogP contribution in [0, 0.1) is 11.8 Å². The van der Waals surface area contributed by atoms with Crippen molar-refractivity contribution in [1.29, 1.82) is 0 Å². The van der Waals surface area contributed by atoms with Crippen LogP contribution in [0.2, 0.25) is 0 Å². The number of nitrogens with one attached hydrogen (secondary N) is 4. The number of alkyl carbamates (subject to hydrolysis) is 2. The van der Waals surface area contributed by atoms with E-state index in [1.165, 1.54) is 25.3 Å². The molecule has 390 valence electrons. The van der Waals surface area contributed by atoms with Gasteiger partial charge in [0, 0.05) is 45.1 Å². The number of methoxy groups -OCH3 is 4. The highest BCUT2D eigenvalue weighted by Gasteiger charge is 2.53. The van der Waals surface area contributed by atoms with Gasteiger partial charge in [-0.1, -0.05) is 121 Å². The molecule has 2 saturated heterocycles. The van der Waals surface area contributed by atoms with Crippen molar-refractivity contribution in [3.05, 3.63) is 119 Å². The molecule has 0 unspecified atom stereocenters. The molecule has 8 atom stereocenters. The van der Waals surface area contributed by atoms with Gasteiger partial charge in [0.15, 0.2) is 0 Å². The van der Waals surface area contributed by atoms with Gasteiger partial charge in [0.1, 0.15) is 23.7 Å². The van der Waals surface area contributed by atoms with Crippen LogP contribution in [0.5, 0.6) is 0 Å². The number of likely N-dealkylation sites (tertiary alicyclic amines) is 2. The smallest absolute Gasteiger partial charge is 0.407 e. The summed E-state index contributed by atoms with van der Waals surface area (Å²) in [5.74, 6) is 0.675. The average Bonchev–Trinajstić information content (AvgIpc) is 4.26. The van der Waals surface area contributed by atoms with Crippen LogP contribution in [0.25, 0.3) is 22.5 Å². The number of carbonyl (C=O) groups is 4. The summed E-state index contributed by atoms with van der Waals surface area (Å²) in [6.45, 7) is 15.5. The first kappa shape index (κ1) is 52.8. The maximum atomic E-state index is 13.8. The topological polar surface area (TPSA) is 193 Å². The fourth-order valence-corrected chi connectivity index (χ4v) is 11.5. The lowest BCUT2D eigenvalue weighted by atomic mass is 9.76. The van der Waals surface area contributed by atoms with E-state index in [0.717, 1.165) is 59.3 Å². The first-order chi connectivity index (χ1) is 35.0. The highest BCUT2D eigenvalue weighted by Crippen LogP contribution is 2.56. The van der Waals surface area contributed by atoms with Crippen molar-refractivity contribution in [2.45, 2.75) is 134 Å². The Hall–Kier alpha value is -6.52. The average molecular weight is 999 g/mol. The molecule has 1 aliphatic carbocycles. The maximum absolute atomic E-state index is 13.8. The first-order valence-corrected chi connectivity index (χ1v) is 25.7. The van der Waals surface area contributed by atoms with Crippen molar-refractivity contribution in [3.63, 3.8) is 0 Å². The van der Waals surface area contributed by atoms with Crippen molar-refractivity contribution in [2.75, 3.05) is 41.5 Å². The molecule has 5 aromatic rings. The maximum Gasteiger partial charge on any atom is 0.407 e. The first-order valence-electron chi connectivity index (χ1n) is 25.7. The van der Waals surface area contributed by atoms with Crippen LogP contribution >= 0.6 is 0 Å². The molecule has 73 heavy (non-hydrogen) atoms.